The Labute approximate surface area is 110 Å². The predicted molar refractivity (Wildman–Crippen MR) is 71.9 cm³/mol. The zero-order chi connectivity index (χ0) is 13.8. The average molecular weight is 279 g/mol. The molecule has 1 heterocycles. The van der Waals surface area contributed by atoms with Crippen molar-refractivity contribution < 1.29 is 13.2 Å². The van der Waals surface area contributed by atoms with E-state index < -0.39 is 10.0 Å². The second-order valence-electron chi connectivity index (χ2n) is 4.86. The Hall–Kier alpha value is -0.210. The molecule has 7 heteroatoms. The third kappa shape index (κ3) is 3.42. The lowest BCUT2D eigenvalue weighted by Gasteiger charge is -2.46. The second-order valence-corrected chi connectivity index (χ2v) is 6.85. The average Bonchev–Trinajstić information content (AvgIpc) is 2.35. The normalized spacial score (nSPS) is 22.9. The van der Waals surface area contributed by atoms with E-state index in [1.165, 1.54) is 10.6 Å². The molecule has 0 aromatic rings. The van der Waals surface area contributed by atoms with Crippen molar-refractivity contribution in [1.29, 1.82) is 0 Å². The van der Waals surface area contributed by atoms with E-state index in [4.69, 9.17) is 10.5 Å². The van der Waals surface area contributed by atoms with Gasteiger partial charge in [-0.1, -0.05) is 6.92 Å². The molecule has 0 aromatic carbocycles. The molecule has 6 nitrogen and oxygen atoms in total. The SMILES string of the molecule is CCC(CN)(COC)N1CCN(S(C)(=O)=O)CC1. The van der Waals surface area contributed by atoms with Gasteiger partial charge in [-0.2, -0.15) is 4.31 Å². The first-order valence-corrected chi connectivity index (χ1v) is 8.13. The van der Waals surface area contributed by atoms with Gasteiger partial charge in [-0.15, -0.1) is 0 Å². The lowest BCUT2D eigenvalue weighted by molar-refractivity contribution is -0.00468. The molecular weight excluding hydrogens is 254 g/mol. The molecule has 0 spiro atoms. The molecule has 18 heavy (non-hydrogen) atoms. The van der Waals surface area contributed by atoms with E-state index in [1.807, 2.05) is 0 Å². The highest BCUT2D eigenvalue weighted by Gasteiger charge is 2.37. The first-order chi connectivity index (χ1) is 8.39. The van der Waals surface area contributed by atoms with Gasteiger partial charge in [0.05, 0.1) is 18.4 Å². The predicted octanol–water partition coefficient (Wildman–Crippen LogP) is -0.682. The van der Waals surface area contributed by atoms with Crippen LogP contribution in [0, 0.1) is 0 Å². The number of methoxy groups -OCH3 is 1. The fourth-order valence-corrected chi connectivity index (χ4v) is 3.34. The summed E-state index contributed by atoms with van der Waals surface area (Å²) in [4.78, 5) is 2.26. The molecule has 2 N–H and O–H groups in total. The van der Waals surface area contributed by atoms with E-state index in [1.54, 1.807) is 7.11 Å². The van der Waals surface area contributed by atoms with Crippen LogP contribution in [-0.4, -0.2) is 75.9 Å². The van der Waals surface area contributed by atoms with Gasteiger partial charge in [0.15, 0.2) is 0 Å². The maximum absolute atomic E-state index is 11.5. The molecule has 1 saturated heterocycles. The molecule has 1 atom stereocenters. The first kappa shape index (κ1) is 15.8. The van der Waals surface area contributed by atoms with Crippen molar-refractivity contribution in [3.63, 3.8) is 0 Å². The molecule has 0 saturated carbocycles. The van der Waals surface area contributed by atoms with Crippen LogP contribution in [0.25, 0.3) is 0 Å². The van der Waals surface area contributed by atoms with E-state index in [2.05, 4.69) is 11.8 Å². The van der Waals surface area contributed by atoms with E-state index in [-0.39, 0.29) is 5.54 Å². The molecule has 1 rings (SSSR count). The summed E-state index contributed by atoms with van der Waals surface area (Å²) >= 11 is 0. The third-order valence-corrected chi connectivity index (χ3v) is 5.13. The van der Waals surface area contributed by atoms with Crippen molar-refractivity contribution in [3.05, 3.63) is 0 Å². The minimum Gasteiger partial charge on any atom is -0.383 e. The second kappa shape index (κ2) is 6.29. The lowest BCUT2D eigenvalue weighted by Crippen LogP contribution is -2.62. The largest absolute Gasteiger partial charge is 0.383 e. The van der Waals surface area contributed by atoms with Gasteiger partial charge in [-0.25, -0.2) is 8.42 Å². The van der Waals surface area contributed by atoms with Gasteiger partial charge in [-0.3, -0.25) is 4.90 Å². The molecular formula is C11H25N3O3S. The van der Waals surface area contributed by atoms with Gasteiger partial charge in [0.2, 0.25) is 10.0 Å². The smallest absolute Gasteiger partial charge is 0.211 e. The molecule has 1 aliphatic rings. The van der Waals surface area contributed by atoms with E-state index in [9.17, 15) is 8.42 Å². The summed E-state index contributed by atoms with van der Waals surface area (Å²) in [6, 6.07) is 0. The van der Waals surface area contributed by atoms with Crippen LogP contribution in [0.1, 0.15) is 13.3 Å². The highest BCUT2D eigenvalue weighted by Crippen LogP contribution is 2.22. The minimum atomic E-state index is -3.08. The van der Waals surface area contributed by atoms with Gasteiger partial charge < -0.3 is 10.5 Å². The number of rotatable bonds is 6. The van der Waals surface area contributed by atoms with Crippen LogP contribution >= 0.6 is 0 Å². The molecule has 0 aromatic heterocycles. The van der Waals surface area contributed by atoms with Crippen LogP contribution in [0.4, 0.5) is 0 Å². The topological polar surface area (TPSA) is 75.9 Å². The van der Waals surface area contributed by atoms with Crippen molar-refractivity contribution in [2.24, 2.45) is 5.73 Å². The summed E-state index contributed by atoms with van der Waals surface area (Å²) in [5.41, 5.74) is 5.73. The number of nitrogens with zero attached hydrogens (tertiary/aromatic N) is 2. The van der Waals surface area contributed by atoms with E-state index >= 15 is 0 Å². The molecule has 1 unspecified atom stereocenters. The Bertz CT molecular complexity index is 347. The maximum Gasteiger partial charge on any atom is 0.211 e. The number of sulfonamides is 1. The Balaban J connectivity index is 2.70. The summed E-state index contributed by atoms with van der Waals surface area (Å²) in [6.07, 6.45) is 2.16. The van der Waals surface area contributed by atoms with Crippen LogP contribution < -0.4 is 5.73 Å². The van der Waals surface area contributed by atoms with Crippen molar-refractivity contribution in [3.8, 4) is 0 Å². The van der Waals surface area contributed by atoms with Crippen molar-refractivity contribution >= 4 is 10.0 Å². The number of ether oxygens (including phenoxy) is 1. The fraction of sp³-hybridized carbons (Fsp3) is 1.00. The Kier molecular flexibility index (Phi) is 5.54. The van der Waals surface area contributed by atoms with Crippen LogP contribution in [-0.2, 0) is 14.8 Å². The molecule has 1 aliphatic heterocycles. The van der Waals surface area contributed by atoms with Crippen molar-refractivity contribution in [2.75, 3.05) is 52.7 Å². The number of hydrogen-bond donors (Lipinski definition) is 1. The summed E-state index contributed by atoms with van der Waals surface area (Å²) in [5.74, 6) is 0. The fourth-order valence-electron chi connectivity index (χ4n) is 2.51. The highest BCUT2D eigenvalue weighted by molar-refractivity contribution is 7.88. The van der Waals surface area contributed by atoms with Crippen molar-refractivity contribution in [1.82, 2.24) is 9.21 Å². The van der Waals surface area contributed by atoms with E-state index in [0.29, 0.717) is 39.3 Å². The Morgan fingerprint density at radius 2 is 1.83 bits per heavy atom. The summed E-state index contributed by atoms with van der Waals surface area (Å²) in [5, 5.41) is 0. The molecule has 1 fully saturated rings. The zero-order valence-electron chi connectivity index (χ0n) is 11.6. The minimum absolute atomic E-state index is 0.168. The first-order valence-electron chi connectivity index (χ1n) is 6.29. The molecule has 0 bridgehead atoms. The van der Waals surface area contributed by atoms with Gasteiger partial charge in [0.25, 0.3) is 0 Å². The van der Waals surface area contributed by atoms with Gasteiger partial charge >= 0.3 is 0 Å². The van der Waals surface area contributed by atoms with Crippen LogP contribution in [0.2, 0.25) is 0 Å². The van der Waals surface area contributed by atoms with Crippen LogP contribution in [0.15, 0.2) is 0 Å². The van der Waals surface area contributed by atoms with Gasteiger partial charge in [0.1, 0.15) is 0 Å². The number of piperazine rings is 1. The summed E-state index contributed by atoms with van der Waals surface area (Å²) in [7, 11) is -1.40. The number of hydrogen-bond acceptors (Lipinski definition) is 5. The monoisotopic (exact) mass is 279 g/mol. The molecule has 0 aliphatic carbocycles. The summed E-state index contributed by atoms with van der Waals surface area (Å²) < 4.78 is 29.7. The summed E-state index contributed by atoms with van der Waals surface area (Å²) in [6.45, 7) is 5.68. The Morgan fingerprint density at radius 1 is 1.28 bits per heavy atom. The Morgan fingerprint density at radius 3 is 2.17 bits per heavy atom. The quantitative estimate of drug-likeness (QED) is 0.697. The van der Waals surface area contributed by atoms with Crippen LogP contribution in [0.3, 0.4) is 0 Å². The third-order valence-electron chi connectivity index (χ3n) is 3.83. The van der Waals surface area contributed by atoms with Gasteiger partial charge in [0, 0.05) is 39.8 Å². The zero-order valence-corrected chi connectivity index (χ0v) is 12.4. The lowest BCUT2D eigenvalue weighted by atomic mass is 9.94. The standard InChI is InChI=1S/C11H25N3O3S/c1-4-11(9-12,10-17-2)13-5-7-14(8-6-13)18(3,15)16/h4-10,12H2,1-3H3. The maximum atomic E-state index is 11.5. The number of nitrogens with two attached hydrogens (primary N) is 1. The molecule has 0 radical (unpaired) electrons. The van der Waals surface area contributed by atoms with E-state index in [0.717, 1.165) is 6.42 Å². The van der Waals surface area contributed by atoms with Gasteiger partial charge in [-0.05, 0) is 6.42 Å². The van der Waals surface area contributed by atoms with Crippen molar-refractivity contribution in [2.45, 2.75) is 18.9 Å². The highest BCUT2D eigenvalue weighted by atomic mass is 32.2. The molecule has 0 amide bonds. The van der Waals surface area contributed by atoms with Crippen LogP contribution in [0.5, 0.6) is 0 Å². The molecule has 108 valence electrons.